The summed E-state index contributed by atoms with van der Waals surface area (Å²) in [6.45, 7) is 4.82. The van der Waals surface area contributed by atoms with Crippen molar-refractivity contribution in [2.45, 2.75) is 44.2 Å². The molecule has 6 unspecified atom stereocenters. The maximum absolute atomic E-state index is 7.17. The number of anilines is 3. The van der Waals surface area contributed by atoms with Crippen LogP contribution in [0.5, 0.6) is 0 Å². The third-order valence-electron chi connectivity index (χ3n) is 15.3. The lowest BCUT2D eigenvalue weighted by atomic mass is 9.64. The zero-order valence-electron chi connectivity index (χ0n) is 39.3. The van der Waals surface area contributed by atoms with Gasteiger partial charge in [0.25, 0.3) is 0 Å². The second kappa shape index (κ2) is 17.6. The van der Waals surface area contributed by atoms with Crippen LogP contribution in [0, 0.1) is 17.3 Å². The van der Waals surface area contributed by atoms with Crippen LogP contribution in [0.1, 0.15) is 49.3 Å². The summed E-state index contributed by atoms with van der Waals surface area (Å²) >= 11 is 0. The van der Waals surface area contributed by atoms with Crippen LogP contribution in [-0.4, -0.2) is 11.6 Å². The third-order valence-corrected chi connectivity index (χ3v) is 15.3. The number of rotatable bonds is 10. The molecule has 0 saturated heterocycles. The molecule has 0 saturated carbocycles. The molecule has 6 atom stereocenters. The zero-order chi connectivity index (χ0) is 46.4. The van der Waals surface area contributed by atoms with Gasteiger partial charge in [-0.15, -0.1) is 0 Å². The molecular formula is C66H56N2O. The molecule has 0 fully saturated rings. The fourth-order valence-electron chi connectivity index (χ4n) is 11.6. The number of fused-ring (bicyclic) bond motifs is 4. The van der Waals surface area contributed by atoms with Gasteiger partial charge in [0, 0.05) is 39.7 Å². The van der Waals surface area contributed by atoms with Gasteiger partial charge in [-0.25, -0.2) is 0 Å². The van der Waals surface area contributed by atoms with Crippen LogP contribution < -0.4 is 9.80 Å². The average Bonchev–Trinajstić information content (AvgIpc) is 3.79. The Bertz CT molecular complexity index is 3220. The van der Waals surface area contributed by atoms with E-state index in [1.54, 1.807) is 0 Å². The zero-order valence-corrected chi connectivity index (χ0v) is 39.3. The first-order valence-electron chi connectivity index (χ1n) is 24.6. The smallest absolute Gasteiger partial charge is 0.116 e. The predicted octanol–water partition coefficient (Wildman–Crippen LogP) is 16.3. The summed E-state index contributed by atoms with van der Waals surface area (Å²) in [7, 11) is 0. The highest BCUT2D eigenvalue weighted by molar-refractivity contribution is 5.79. The van der Waals surface area contributed by atoms with Crippen molar-refractivity contribution in [2.24, 2.45) is 17.3 Å². The SMILES string of the molecule is CC12C=CC=CC1C1=C(C=C2N(c2ccc(-c3ccccc3)cc2)C2(C)C=CC(c3ccccc3)=CC2)C2C(=CC=CC2c2cccc(N(c3ccccc3)C3C=CC(c4ccccc4)=CC3)c2)O1. The van der Waals surface area contributed by atoms with Gasteiger partial charge in [0.1, 0.15) is 11.5 Å². The summed E-state index contributed by atoms with van der Waals surface area (Å²) < 4.78 is 7.17. The Morgan fingerprint density at radius 1 is 0.551 bits per heavy atom. The van der Waals surface area contributed by atoms with E-state index in [0.717, 1.165) is 24.4 Å². The molecule has 6 aromatic rings. The van der Waals surface area contributed by atoms with Gasteiger partial charge in [0.05, 0.1) is 23.4 Å². The molecule has 336 valence electrons. The van der Waals surface area contributed by atoms with E-state index in [0.29, 0.717) is 0 Å². The molecule has 5 aliphatic carbocycles. The fourth-order valence-corrected chi connectivity index (χ4v) is 11.6. The maximum Gasteiger partial charge on any atom is 0.116 e. The molecule has 1 aliphatic heterocycles. The summed E-state index contributed by atoms with van der Waals surface area (Å²) in [5.41, 5.74) is 14.0. The van der Waals surface area contributed by atoms with Crippen molar-refractivity contribution in [3.8, 4) is 11.1 Å². The van der Waals surface area contributed by atoms with E-state index in [2.05, 4.69) is 279 Å². The minimum Gasteiger partial charge on any atom is -0.464 e. The molecule has 6 aliphatic rings. The second-order valence-corrected chi connectivity index (χ2v) is 19.6. The highest BCUT2D eigenvalue weighted by Gasteiger charge is 2.52. The lowest BCUT2D eigenvalue weighted by molar-refractivity contribution is 0.225. The summed E-state index contributed by atoms with van der Waals surface area (Å²) in [6, 6.07) is 61.7. The Morgan fingerprint density at radius 2 is 1.20 bits per heavy atom. The monoisotopic (exact) mass is 892 g/mol. The first-order chi connectivity index (χ1) is 33.9. The van der Waals surface area contributed by atoms with Gasteiger partial charge in [-0.2, -0.15) is 0 Å². The van der Waals surface area contributed by atoms with E-state index in [1.807, 2.05) is 0 Å². The molecule has 0 spiro atoms. The van der Waals surface area contributed by atoms with Gasteiger partial charge in [-0.3, -0.25) is 0 Å². The van der Waals surface area contributed by atoms with E-state index in [9.17, 15) is 0 Å². The van der Waals surface area contributed by atoms with Crippen molar-refractivity contribution >= 4 is 28.2 Å². The van der Waals surface area contributed by atoms with Crippen LogP contribution in [0.2, 0.25) is 0 Å². The number of ether oxygens (including phenoxy) is 1. The Hall–Kier alpha value is -7.88. The normalized spacial score (nSPS) is 25.1. The van der Waals surface area contributed by atoms with Crippen LogP contribution in [0.25, 0.3) is 22.3 Å². The molecule has 69 heavy (non-hydrogen) atoms. The summed E-state index contributed by atoms with van der Waals surface area (Å²) in [4.78, 5) is 5.16. The van der Waals surface area contributed by atoms with Gasteiger partial charge in [-0.05, 0) is 114 Å². The molecule has 3 nitrogen and oxygen atoms in total. The van der Waals surface area contributed by atoms with E-state index in [4.69, 9.17) is 4.74 Å². The molecule has 0 amide bonds. The molecule has 0 N–H and O–H groups in total. The van der Waals surface area contributed by atoms with Crippen molar-refractivity contribution < 1.29 is 4.74 Å². The van der Waals surface area contributed by atoms with Gasteiger partial charge < -0.3 is 14.5 Å². The van der Waals surface area contributed by atoms with Crippen molar-refractivity contribution in [1.82, 2.24) is 0 Å². The largest absolute Gasteiger partial charge is 0.464 e. The third kappa shape index (κ3) is 7.73. The minimum atomic E-state index is -0.388. The molecule has 12 rings (SSSR count). The standard InChI is InChI=1S/C66H56N2O/c1-65(43-40-52(41-44-65)49-23-11-5-12-24-49)68(56-38-34-51(35-39-56)48-21-9-4-10-22-48)62-46-59-63-58(29-18-31-61(63)69-64(59)60-30-15-16-42-66(60,62)2)53-25-17-28-57(45-53)67(54-26-13-6-14-27-54)55-36-32-50(33-37-55)47-19-7-3-8-20-47/h3-36,38-43,45-46,55,58,60,63H,37,44H2,1-2H3. The summed E-state index contributed by atoms with van der Waals surface area (Å²) in [5.74, 6) is 2.17. The predicted molar refractivity (Wildman–Crippen MR) is 287 cm³/mol. The molecular weight excluding hydrogens is 837 g/mol. The van der Waals surface area contributed by atoms with Crippen LogP contribution in [-0.2, 0) is 4.74 Å². The Morgan fingerprint density at radius 3 is 1.87 bits per heavy atom. The topological polar surface area (TPSA) is 15.7 Å². The maximum atomic E-state index is 7.17. The van der Waals surface area contributed by atoms with E-state index in [1.165, 1.54) is 67.3 Å². The molecule has 1 heterocycles. The number of para-hydroxylation sites is 1. The van der Waals surface area contributed by atoms with Gasteiger partial charge >= 0.3 is 0 Å². The Balaban J connectivity index is 0.945. The van der Waals surface area contributed by atoms with Crippen LogP contribution in [0.3, 0.4) is 0 Å². The van der Waals surface area contributed by atoms with Crippen LogP contribution in [0.4, 0.5) is 17.1 Å². The van der Waals surface area contributed by atoms with Crippen molar-refractivity contribution in [3.05, 3.63) is 294 Å². The highest BCUT2D eigenvalue weighted by Crippen LogP contribution is 2.59. The van der Waals surface area contributed by atoms with E-state index < -0.39 is 0 Å². The van der Waals surface area contributed by atoms with Gasteiger partial charge in [0.15, 0.2) is 0 Å². The number of hydrogen-bond donors (Lipinski definition) is 0. The van der Waals surface area contributed by atoms with Gasteiger partial charge in [0.2, 0.25) is 0 Å². The first kappa shape index (κ1) is 42.5. The summed E-state index contributed by atoms with van der Waals surface area (Å²) in [5, 5.41) is 0. The molecule has 0 aromatic heterocycles. The lowest BCUT2D eigenvalue weighted by Gasteiger charge is -2.51. The Kier molecular flexibility index (Phi) is 10.9. The average molecular weight is 893 g/mol. The molecule has 3 heteroatoms. The number of hydrogen-bond acceptors (Lipinski definition) is 3. The molecule has 6 aromatic carbocycles. The molecule has 0 bridgehead atoms. The molecule has 0 radical (unpaired) electrons. The number of allylic oxidation sites excluding steroid dienone is 13. The van der Waals surface area contributed by atoms with E-state index >= 15 is 0 Å². The lowest BCUT2D eigenvalue weighted by Crippen LogP contribution is -2.51. The number of nitrogens with zero attached hydrogens (tertiary/aromatic N) is 2. The van der Waals surface area contributed by atoms with Crippen molar-refractivity contribution in [3.63, 3.8) is 0 Å². The first-order valence-corrected chi connectivity index (χ1v) is 24.6. The van der Waals surface area contributed by atoms with Gasteiger partial charge in [-0.1, -0.05) is 206 Å². The van der Waals surface area contributed by atoms with Crippen molar-refractivity contribution in [2.75, 3.05) is 9.80 Å². The summed E-state index contributed by atoms with van der Waals surface area (Å²) in [6.07, 6.45) is 34.6. The fraction of sp³-hybridized carbons (Fsp3) is 0.152. The van der Waals surface area contributed by atoms with Crippen LogP contribution >= 0.6 is 0 Å². The Labute approximate surface area is 407 Å². The second-order valence-electron chi connectivity index (χ2n) is 19.6. The van der Waals surface area contributed by atoms with Crippen LogP contribution in [0.15, 0.2) is 278 Å². The number of benzene rings is 6. The highest BCUT2D eigenvalue weighted by atomic mass is 16.5. The minimum absolute atomic E-state index is 0.00848. The van der Waals surface area contributed by atoms with E-state index in [-0.39, 0.29) is 34.7 Å². The quantitative estimate of drug-likeness (QED) is 0.136. The van der Waals surface area contributed by atoms with Crippen molar-refractivity contribution in [1.29, 1.82) is 0 Å².